The highest BCUT2D eigenvalue weighted by atomic mass is 16.1. The van der Waals surface area contributed by atoms with Gasteiger partial charge in [0.25, 0.3) is 0 Å². The van der Waals surface area contributed by atoms with Crippen molar-refractivity contribution in [3.05, 3.63) is 95.7 Å². The zero-order valence-electron chi connectivity index (χ0n) is 15.5. The van der Waals surface area contributed by atoms with E-state index in [4.69, 9.17) is 11.5 Å². The lowest BCUT2D eigenvalue weighted by Gasteiger charge is -2.06. The molecule has 28 heavy (non-hydrogen) atoms. The number of nitrogens with zero attached hydrogens (tertiary/aromatic N) is 2. The number of aromatic nitrogens is 2. The van der Waals surface area contributed by atoms with Crippen molar-refractivity contribution in [3.8, 4) is 16.8 Å². The van der Waals surface area contributed by atoms with E-state index in [1.807, 2.05) is 73.7 Å². The van der Waals surface area contributed by atoms with Gasteiger partial charge in [-0.3, -0.25) is 4.79 Å². The second-order valence-electron chi connectivity index (χ2n) is 6.67. The molecule has 1 aromatic heterocycles. The van der Waals surface area contributed by atoms with Gasteiger partial charge < -0.3 is 11.5 Å². The number of carbonyl (C=O) groups excluding carboxylic acids is 1. The molecule has 138 valence electrons. The standard InChI is InChI=1S/C23H20N4O/c1-15-7-9-18(10-8-15)22(28)21-20(24)23(25)27(26-21)19-13-11-17(12-14-19)16-5-3-2-4-6-16/h2-14H,24-25H2,1H3. The van der Waals surface area contributed by atoms with Crippen molar-refractivity contribution in [2.75, 3.05) is 11.5 Å². The van der Waals surface area contributed by atoms with E-state index in [0.717, 1.165) is 22.4 Å². The van der Waals surface area contributed by atoms with Crippen molar-refractivity contribution >= 4 is 17.3 Å². The van der Waals surface area contributed by atoms with Crippen LogP contribution in [-0.4, -0.2) is 15.6 Å². The fraction of sp³-hybridized carbons (Fsp3) is 0.0435. The summed E-state index contributed by atoms with van der Waals surface area (Å²) >= 11 is 0. The number of nitrogen functional groups attached to an aromatic ring is 2. The lowest BCUT2D eigenvalue weighted by atomic mass is 10.1. The van der Waals surface area contributed by atoms with Gasteiger partial charge in [-0.2, -0.15) is 5.10 Å². The summed E-state index contributed by atoms with van der Waals surface area (Å²) in [4.78, 5) is 12.8. The van der Waals surface area contributed by atoms with Crippen LogP contribution in [0.25, 0.3) is 16.8 Å². The normalized spacial score (nSPS) is 10.8. The Morgan fingerprint density at radius 2 is 1.43 bits per heavy atom. The van der Waals surface area contributed by atoms with Crippen LogP contribution in [-0.2, 0) is 0 Å². The Hall–Kier alpha value is -3.86. The predicted molar refractivity (Wildman–Crippen MR) is 112 cm³/mol. The molecule has 0 fully saturated rings. The number of benzene rings is 3. The van der Waals surface area contributed by atoms with E-state index in [9.17, 15) is 4.79 Å². The molecule has 4 aromatic rings. The third-order valence-corrected chi connectivity index (χ3v) is 4.71. The molecule has 0 saturated heterocycles. The Bertz CT molecular complexity index is 1130. The third kappa shape index (κ3) is 3.14. The highest BCUT2D eigenvalue weighted by molar-refractivity contribution is 6.12. The second kappa shape index (κ2) is 7.04. The summed E-state index contributed by atoms with van der Waals surface area (Å²) in [6.07, 6.45) is 0. The summed E-state index contributed by atoms with van der Waals surface area (Å²) in [6.45, 7) is 1.97. The van der Waals surface area contributed by atoms with Crippen LogP contribution >= 0.6 is 0 Å². The molecule has 0 bridgehead atoms. The molecular formula is C23H20N4O. The summed E-state index contributed by atoms with van der Waals surface area (Å²) in [5.41, 5.74) is 17.2. The lowest BCUT2D eigenvalue weighted by molar-refractivity contribution is 0.103. The molecule has 0 aliphatic rings. The van der Waals surface area contributed by atoms with Gasteiger partial charge in [-0.1, -0.05) is 72.3 Å². The molecule has 1 heterocycles. The molecule has 4 rings (SSSR count). The van der Waals surface area contributed by atoms with Crippen LogP contribution < -0.4 is 11.5 Å². The van der Waals surface area contributed by atoms with E-state index < -0.39 is 0 Å². The van der Waals surface area contributed by atoms with Crippen molar-refractivity contribution in [2.24, 2.45) is 0 Å². The van der Waals surface area contributed by atoms with Crippen LogP contribution in [0.5, 0.6) is 0 Å². The Balaban J connectivity index is 1.69. The predicted octanol–water partition coefficient (Wildman–Crippen LogP) is 4.24. The summed E-state index contributed by atoms with van der Waals surface area (Å²) in [6, 6.07) is 25.2. The van der Waals surface area contributed by atoms with E-state index in [0.29, 0.717) is 5.56 Å². The maximum Gasteiger partial charge on any atom is 0.215 e. The molecule has 5 heteroatoms. The Kier molecular flexibility index (Phi) is 4.41. The SMILES string of the molecule is Cc1ccc(C(=O)c2nn(-c3ccc(-c4ccccc4)cc3)c(N)c2N)cc1. The molecule has 0 unspecified atom stereocenters. The van der Waals surface area contributed by atoms with Crippen LogP contribution in [0, 0.1) is 6.92 Å². The third-order valence-electron chi connectivity index (χ3n) is 4.71. The lowest BCUT2D eigenvalue weighted by Crippen LogP contribution is -2.06. The number of hydrogen-bond acceptors (Lipinski definition) is 4. The molecule has 0 aliphatic carbocycles. The van der Waals surface area contributed by atoms with Crippen molar-refractivity contribution in [1.29, 1.82) is 0 Å². The van der Waals surface area contributed by atoms with Gasteiger partial charge >= 0.3 is 0 Å². The van der Waals surface area contributed by atoms with Crippen molar-refractivity contribution < 1.29 is 4.79 Å². The molecule has 0 aliphatic heterocycles. The highest BCUT2D eigenvalue weighted by Gasteiger charge is 2.21. The maximum absolute atomic E-state index is 12.8. The average Bonchev–Trinajstić information content (AvgIpc) is 3.04. The van der Waals surface area contributed by atoms with Crippen LogP contribution in [0.2, 0.25) is 0 Å². The number of rotatable bonds is 4. The zero-order chi connectivity index (χ0) is 19.7. The van der Waals surface area contributed by atoms with Crippen LogP contribution in [0.15, 0.2) is 78.9 Å². The molecule has 0 atom stereocenters. The van der Waals surface area contributed by atoms with Gasteiger partial charge in [0.1, 0.15) is 5.69 Å². The summed E-state index contributed by atoms with van der Waals surface area (Å²) in [5, 5.41) is 4.40. The highest BCUT2D eigenvalue weighted by Crippen LogP contribution is 2.27. The smallest absolute Gasteiger partial charge is 0.215 e. The van der Waals surface area contributed by atoms with Gasteiger partial charge in [-0.15, -0.1) is 0 Å². The van der Waals surface area contributed by atoms with Gasteiger partial charge in [-0.05, 0) is 30.2 Å². The minimum atomic E-state index is -0.246. The van der Waals surface area contributed by atoms with E-state index in [-0.39, 0.29) is 23.0 Å². The quantitative estimate of drug-likeness (QED) is 0.527. The second-order valence-corrected chi connectivity index (χ2v) is 6.67. The van der Waals surface area contributed by atoms with E-state index in [2.05, 4.69) is 5.10 Å². The fourth-order valence-corrected chi connectivity index (χ4v) is 3.08. The van der Waals surface area contributed by atoms with Crippen LogP contribution in [0.1, 0.15) is 21.6 Å². The largest absolute Gasteiger partial charge is 0.394 e. The number of aryl methyl sites for hydroxylation is 1. The van der Waals surface area contributed by atoms with Gasteiger partial charge in [0, 0.05) is 5.56 Å². The minimum Gasteiger partial charge on any atom is -0.394 e. The molecule has 3 aromatic carbocycles. The number of hydrogen-bond donors (Lipinski definition) is 2. The molecule has 0 radical (unpaired) electrons. The van der Waals surface area contributed by atoms with Gasteiger partial charge in [0.2, 0.25) is 5.78 Å². The van der Waals surface area contributed by atoms with Crippen molar-refractivity contribution in [2.45, 2.75) is 6.92 Å². The Morgan fingerprint density at radius 3 is 2.07 bits per heavy atom. The molecule has 4 N–H and O–H groups in total. The topological polar surface area (TPSA) is 86.9 Å². The minimum absolute atomic E-state index is 0.161. The molecule has 5 nitrogen and oxygen atoms in total. The van der Waals surface area contributed by atoms with Crippen LogP contribution in [0.4, 0.5) is 11.5 Å². The van der Waals surface area contributed by atoms with Gasteiger partial charge in [0.05, 0.1) is 5.69 Å². The number of nitrogens with two attached hydrogens (primary N) is 2. The van der Waals surface area contributed by atoms with Crippen molar-refractivity contribution in [1.82, 2.24) is 9.78 Å². The molecule has 0 spiro atoms. The first-order valence-corrected chi connectivity index (χ1v) is 8.96. The molecule has 0 amide bonds. The summed E-state index contributed by atoms with van der Waals surface area (Å²) < 4.78 is 1.51. The first-order chi connectivity index (χ1) is 13.5. The Labute approximate surface area is 163 Å². The Morgan fingerprint density at radius 1 is 0.821 bits per heavy atom. The van der Waals surface area contributed by atoms with E-state index in [1.165, 1.54) is 4.68 Å². The molecular weight excluding hydrogens is 348 g/mol. The van der Waals surface area contributed by atoms with Gasteiger partial charge in [-0.25, -0.2) is 4.68 Å². The number of anilines is 2. The molecule has 0 saturated carbocycles. The monoisotopic (exact) mass is 368 g/mol. The van der Waals surface area contributed by atoms with Crippen molar-refractivity contribution in [3.63, 3.8) is 0 Å². The first-order valence-electron chi connectivity index (χ1n) is 8.96. The maximum atomic E-state index is 12.8. The van der Waals surface area contributed by atoms with Gasteiger partial charge in [0.15, 0.2) is 11.5 Å². The summed E-state index contributed by atoms with van der Waals surface area (Å²) in [7, 11) is 0. The van der Waals surface area contributed by atoms with Crippen LogP contribution in [0.3, 0.4) is 0 Å². The van der Waals surface area contributed by atoms with E-state index >= 15 is 0 Å². The average molecular weight is 368 g/mol. The number of ketones is 1. The first kappa shape index (κ1) is 17.5. The number of carbonyl (C=O) groups is 1. The van der Waals surface area contributed by atoms with E-state index in [1.54, 1.807) is 12.1 Å². The zero-order valence-corrected chi connectivity index (χ0v) is 15.5. The fourth-order valence-electron chi connectivity index (χ4n) is 3.08. The summed E-state index contributed by atoms with van der Waals surface area (Å²) in [5.74, 6) is 0.00628.